The number of ether oxygens (including phenoxy) is 5. The number of nitrogens with zero attached hydrogens (tertiary/aromatic N) is 4. The summed E-state index contributed by atoms with van der Waals surface area (Å²) in [5.41, 5.74) is 3.33. The molecule has 13 nitrogen and oxygen atoms in total. The van der Waals surface area contributed by atoms with Crippen LogP contribution >= 0.6 is 0 Å². The van der Waals surface area contributed by atoms with E-state index in [1.54, 1.807) is 7.11 Å². The highest BCUT2D eigenvalue weighted by molar-refractivity contribution is 5.77. The monoisotopic (exact) mass is 936 g/mol. The fourth-order valence-electron chi connectivity index (χ4n) is 12.1. The van der Waals surface area contributed by atoms with E-state index in [0.29, 0.717) is 29.7 Å². The highest BCUT2D eigenvalue weighted by Gasteiger charge is 2.68. The number of methoxy groups -OCH3 is 1. The smallest absolute Gasteiger partial charge is 0.433 e. The van der Waals surface area contributed by atoms with Crippen LogP contribution in [0.4, 0.5) is 13.2 Å². The maximum atomic E-state index is 13.2. The second kappa shape index (κ2) is 20.5. The Kier molecular flexibility index (Phi) is 14.7. The molecule has 9 rings (SSSR count). The molecule has 4 saturated heterocycles. The van der Waals surface area contributed by atoms with Gasteiger partial charge in [0.05, 0.1) is 32.0 Å². The van der Waals surface area contributed by atoms with Crippen LogP contribution in [0.3, 0.4) is 0 Å². The first kappa shape index (κ1) is 48.0. The van der Waals surface area contributed by atoms with Crippen LogP contribution in [0, 0.1) is 11.3 Å². The van der Waals surface area contributed by atoms with Crippen LogP contribution < -0.4 is 19.5 Å². The molecule has 1 aromatic heterocycles. The zero-order chi connectivity index (χ0) is 46.8. The van der Waals surface area contributed by atoms with E-state index in [4.69, 9.17) is 23.7 Å². The van der Waals surface area contributed by atoms with E-state index < -0.39 is 36.3 Å². The highest BCUT2D eigenvalue weighted by Crippen LogP contribution is 2.68. The number of aromatic nitrogens is 1. The molecule has 0 unspecified atom stereocenters. The van der Waals surface area contributed by atoms with E-state index in [0.717, 1.165) is 108 Å². The molecule has 1 amide bonds. The quantitative estimate of drug-likeness (QED) is 0.159. The Bertz CT molecular complexity index is 2140. The average Bonchev–Trinajstić information content (AvgIpc) is 3.55. The maximum absolute atomic E-state index is 13.2. The molecule has 366 valence electrons. The largest absolute Gasteiger partial charge is 0.497 e. The summed E-state index contributed by atoms with van der Waals surface area (Å²) in [6, 6.07) is 18.3. The molecule has 0 radical (unpaired) electrons. The summed E-state index contributed by atoms with van der Waals surface area (Å²) in [5, 5.41) is 25.4. The van der Waals surface area contributed by atoms with Crippen LogP contribution in [0.25, 0.3) is 0 Å². The number of aliphatic hydroxyl groups excluding tert-OH is 2. The Hall–Kier alpha value is -4.03. The summed E-state index contributed by atoms with van der Waals surface area (Å²) in [6.07, 6.45) is 1.14. The van der Waals surface area contributed by atoms with Gasteiger partial charge in [-0.3, -0.25) is 14.6 Å². The van der Waals surface area contributed by atoms with Crippen molar-refractivity contribution in [1.29, 1.82) is 0 Å². The van der Waals surface area contributed by atoms with Gasteiger partial charge in [0.1, 0.15) is 29.4 Å². The number of likely N-dealkylation sites (tertiary alicyclic amines) is 1. The molecular weight excluding hydrogens is 868 g/mol. The van der Waals surface area contributed by atoms with Crippen LogP contribution in [0.1, 0.15) is 86.6 Å². The molecule has 16 heteroatoms. The van der Waals surface area contributed by atoms with Crippen molar-refractivity contribution in [3.8, 4) is 17.4 Å². The first-order valence-electron chi connectivity index (χ1n) is 24.5. The second-order valence-electron chi connectivity index (χ2n) is 19.8. The maximum Gasteiger partial charge on any atom is 0.433 e. The third-order valence-electron chi connectivity index (χ3n) is 16.1. The number of aliphatic hydroxyl groups is 2. The number of carbonyl (C=O) groups excluding carboxylic acids is 1. The summed E-state index contributed by atoms with van der Waals surface area (Å²) in [6.45, 7) is 9.68. The van der Waals surface area contributed by atoms with Crippen LogP contribution in [0.2, 0.25) is 0 Å². The van der Waals surface area contributed by atoms with Gasteiger partial charge in [0.15, 0.2) is 12.7 Å². The molecule has 67 heavy (non-hydrogen) atoms. The number of carbonyl (C=O) groups is 1. The molecule has 6 aliphatic rings. The number of pyridine rings is 1. The lowest BCUT2D eigenvalue weighted by molar-refractivity contribution is -0.276. The van der Waals surface area contributed by atoms with E-state index in [1.165, 1.54) is 55.4 Å². The minimum Gasteiger partial charge on any atom is -0.497 e. The molecule has 5 heterocycles. The molecule has 3 N–H and O–H groups in total. The summed E-state index contributed by atoms with van der Waals surface area (Å²) >= 11 is 0. The molecule has 4 aliphatic heterocycles. The molecule has 2 aromatic carbocycles. The number of piperidine rings is 1. The minimum atomic E-state index is -4.63. The third-order valence-corrected chi connectivity index (χ3v) is 16.1. The first-order chi connectivity index (χ1) is 32.3. The average molecular weight is 936 g/mol. The van der Waals surface area contributed by atoms with Gasteiger partial charge >= 0.3 is 6.18 Å². The molecule has 6 fully saturated rings. The molecule has 8 atom stereocenters. The summed E-state index contributed by atoms with van der Waals surface area (Å²) < 4.78 is 68.6. The SMILES string of the molecule is CCc1cc(OC)ccc1[C@H]1CC[C@]23CO[C@@]2(CCNC2CCN(C(=O)COc4ccc(CN5CCN(C[C@H]6OC[C@H](Oc7cccc(C(F)(F)F)n7)[C@@H](O)[C@H]6O)CC5)cc4)CC2)CC[C@H]3C1. The lowest BCUT2D eigenvalue weighted by Crippen LogP contribution is -2.64. The van der Waals surface area contributed by atoms with Crippen molar-refractivity contribution in [2.24, 2.45) is 11.3 Å². The number of halogens is 3. The molecule has 1 spiro atoms. The fraction of sp³-hybridized carbons (Fsp3) is 0.647. The van der Waals surface area contributed by atoms with Gasteiger partial charge in [-0.25, -0.2) is 4.98 Å². The second-order valence-corrected chi connectivity index (χ2v) is 19.8. The van der Waals surface area contributed by atoms with Crippen molar-refractivity contribution in [2.75, 3.05) is 79.3 Å². The van der Waals surface area contributed by atoms with Crippen LogP contribution in [-0.2, 0) is 33.4 Å². The Morgan fingerprint density at radius 1 is 0.925 bits per heavy atom. The van der Waals surface area contributed by atoms with Gasteiger partial charge < -0.3 is 44.1 Å². The Morgan fingerprint density at radius 2 is 1.69 bits per heavy atom. The number of piperazine rings is 1. The van der Waals surface area contributed by atoms with Crippen LogP contribution in [0.5, 0.6) is 17.4 Å². The van der Waals surface area contributed by atoms with Crippen LogP contribution in [0.15, 0.2) is 60.7 Å². The van der Waals surface area contributed by atoms with Crippen LogP contribution in [-0.4, -0.2) is 151 Å². The number of nitrogens with one attached hydrogen (secondary N) is 1. The van der Waals surface area contributed by atoms with Gasteiger partial charge in [0.25, 0.3) is 5.91 Å². The van der Waals surface area contributed by atoms with E-state index in [-0.39, 0.29) is 30.6 Å². The molecule has 2 saturated carbocycles. The Morgan fingerprint density at radius 3 is 2.40 bits per heavy atom. The number of hydrogen-bond acceptors (Lipinski definition) is 12. The van der Waals surface area contributed by atoms with Crippen molar-refractivity contribution < 1.29 is 51.9 Å². The van der Waals surface area contributed by atoms with E-state index >= 15 is 0 Å². The molecule has 3 aromatic rings. The van der Waals surface area contributed by atoms with Crippen molar-refractivity contribution in [3.05, 3.63) is 83.0 Å². The van der Waals surface area contributed by atoms with Gasteiger partial charge in [-0.1, -0.05) is 31.2 Å². The van der Waals surface area contributed by atoms with Gasteiger partial charge in [0.2, 0.25) is 5.88 Å². The van der Waals surface area contributed by atoms with Gasteiger partial charge in [0, 0.05) is 69.9 Å². The summed E-state index contributed by atoms with van der Waals surface area (Å²) in [5.74, 6) is 2.68. The van der Waals surface area contributed by atoms with E-state index in [9.17, 15) is 28.2 Å². The van der Waals surface area contributed by atoms with Crippen molar-refractivity contribution >= 4 is 5.91 Å². The van der Waals surface area contributed by atoms with Crippen molar-refractivity contribution in [2.45, 2.75) is 119 Å². The Labute approximate surface area is 392 Å². The van der Waals surface area contributed by atoms with E-state index in [1.807, 2.05) is 29.2 Å². The highest BCUT2D eigenvalue weighted by atomic mass is 19.4. The molecule has 2 aliphatic carbocycles. The molecular formula is C51H68F3N5O8. The minimum absolute atomic E-state index is 0.0126. The fourth-order valence-corrected chi connectivity index (χ4v) is 12.1. The Balaban J connectivity index is 0.643. The van der Waals surface area contributed by atoms with E-state index in [2.05, 4.69) is 45.2 Å². The zero-order valence-corrected chi connectivity index (χ0v) is 38.9. The number of rotatable bonds is 16. The summed E-state index contributed by atoms with van der Waals surface area (Å²) in [7, 11) is 1.75. The van der Waals surface area contributed by atoms with Gasteiger partial charge in [-0.2, -0.15) is 13.2 Å². The summed E-state index contributed by atoms with van der Waals surface area (Å²) in [4.78, 5) is 23.1. The zero-order valence-electron chi connectivity index (χ0n) is 38.9. The number of benzene rings is 2. The van der Waals surface area contributed by atoms with Crippen molar-refractivity contribution in [1.82, 2.24) is 25.0 Å². The van der Waals surface area contributed by atoms with Gasteiger partial charge in [-0.05, 0) is 123 Å². The normalized spacial score (nSPS) is 30.6. The number of amides is 1. The lowest BCUT2D eigenvalue weighted by atomic mass is 9.56. The topological polar surface area (TPSA) is 138 Å². The third kappa shape index (κ3) is 10.5. The molecule has 0 bridgehead atoms. The van der Waals surface area contributed by atoms with Crippen molar-refractivity contribution in [3.63, 3.8) is 0 Å². The first-order valence-corrected chi connectivity index (χ1v) is 24.5. The number of hydrogen-bond donors (Lipinski definition) is 3. The number of alkyl halides is 3. The lowest BCUT2D eigenvalue weighted by Gasteiger charge is -2.60. The standard InChI is InChI=1S/C51H68F3N5O8/c1-3-35-28-40(63-2)11-12-41(35)36-13-17-49-33-66-50(49,18-14-37(49)27-36)19-20-55-38-15-21-59(22-16-38)46(60)32-64-39-9-7-34(8-10-39)29-57-23-25-58(26-24-57)30-42-47(61)48(62)43(31-65-42)67-45-6-4-5-44(56-45)51(52,53)54/h4-12,28,36-38,42-43,47-48,55,61-62H,3,13-27,29-33H2,1-2H3/t36-,37-,42+,43-,47-,48+,49+,50+/m0/s1. The van der Waals surface area contributed by atoms with Gasteiger partial charge in [-0.15, -0.1) is 0 Å². The predicted molar refractivity (Wildman–Crippen MR) is 244 cm³/mol. The predicted octanol–water partition coefficient (Wildman–Crippen LogP) is 5.84. The number of aryl methyl sites for hydroxylation is 1.